The van der Waals surface area contributed by atoms with Gasteiger partial charge in [-0.25, -0.2) is 0 Å². The molecule has 0 aliphatic rings. The van der Waals surface area contributed by atoms with Crippen molar-refractivity contribution in [3.05, 3.63) is 57.1 Å². The van der Waals surface area contributed by atoms with Gasteiger partial charge in [0, 0.05) is 0 Å². The van der Waals surface area contributed by atoms with Gasteiger partial charge in [-0.2, -0.15) is 0 Å². The number of hydrogen-bond acceptors (Lipinski definition) is 3. The third-order valence-electron chi connectivity index (χ3n) is 3.12. The lowest BCUT2D eigenvalue weighted by molar-refractivity contribution is 0.112. The summed E-state index contributed by atoms with van der Waals surface area (Å²) in [5.41, 5.74) is 1.90. The van der Waals surface area contributed by atoms with Crippen molar-refractivity contribution in [2.24, 2.45) is 0 Å². The Labute approximate surface area is 133 Å². The smallest absolute Gasteiger partial charge is 0.161 e. The second-order valence-electron chi connectivity index (χ2n) is 4.42. The Hall–Kier alpha value is -1.71. The van der Waals surface area contributed by atoms with Gasteiger partial charge in [0.05, 0.1) is 17.7 Å². The van der Waals surface area contributed by atoms with Gasteiger partial charge in [0.15, 0.2) is 17.8 Å². The number of carbonyl (C=O) groups is 1. The van der Waals surface area contributed by atoms with Gasteiger partial charge in [0.1, 0.15) is 11.6 Å². The lowest BCUT2D eigenvalue weighted by Gasteiger charge is -2.16. The summed E-state index contributed by atoms with van der Waals surface area (Å²) in [7, 11) is 1.45. The molecule has 0 radical (unpaired) electrons. The van der Waals surface area contributed by atoms with Crippen LogP contribution in [-0.4, -0.2) is 13.4 Å². The average Bonchev–Trinajstić information content (AvgIpc) is 2.51. The quantitative estimate of drug-likeness (QED) is 0.747. The van der Waals surface area contributed by atoms with Crippen molar-refractivity contribution in [3.8, 4) is 11.5 Å². The van der Waals surface area contributed by atoms with Crippen LogP contribution in [0.25, 0.3) is 0 Å². The Morgan fingerprint density at radius 2 is 1.76 bits per heavy atom. The molecule has 2 aromatic rings. The first-order chi connectivity index (χ1) is 10.1. The normalized spacial score (nSPS) is 10.3. The molecule has 0 saturated carbocycles. The first-order valence-electron chi connectivity index (χ1n) is 6.27. The monoisotopic (exact) mass is 324 g/mol. The van der Waals surface area contributed by atoms with Gasteiger partial charge < -0.3 is 9.47 Å². The second-order valence-corrected chi connectivity index (χ2v) is 5.18. The highest BCUT2D eigenvalue weighted by Crippen LogP contribution is 2.44. The number of carbonyl (C=O) groups excluding carboxylic acids is 1. The summed E-state index contributed by atoms with van der Waals surface area (Å²) in [5, 5.41) is 0.518. The molecule has 0 unspecified atom stereocenters. The zero-order chi connectivity index (χ0) is 15.4. The summed E-state index contributed by atoms with van der Waals surface area (Å²) in [6.07, 6.45) is 0.674. The predicted octanol–water partition coefficient (Wildman–Crippen LogP) is 4.70. The van der Waals surface area contributed by atoms with Crippen LogP contribution in [0.2, 0.25) is 10.0 Å². The fourth-order valence-corrected chi connectivity index (χ4v) is 2.60. The van der Waals surface area contributed by atoms with E-state index in [0.29, 0.717) is 34.8 Å². The van der Waals surface area contributed by atoms with E-state index in [1.54, 1.807) is 6.92 Å². The van der Waals surface area contributed by atoms with Gasteiger partial charge >= 0.3 is 0 Å². The van der Waals surface area contributed by atoms with Crippen molar-refractivity contribution in [3.63, 3.8) is 0 Å². The van der Waals surface area contributed by atoms with E-state index in [-0.39, 0.29) is 10.8 Å². The number of methoxy groups -OCH3 is 1. The molecule has 21 heavy (non-hydrogen) atoms. The minimum Gasteiger partial charge on any atom is -0.494 e. The maximum atomic E-state index is 11.2. The molecule has 2 aromatic carbocycles. The maximum Gasteiger partial charge on any atom is 0.161 e. The Bertz CT molecular complexity index is 655. The van der Waals surface area contributed by atoms with E-state index in [0.717, 1.165) is 5.56 Å². The highest BCUT2D eigenvalue weighted by atomic mass is 35.5. The van der Waals surface area contributed by atoms with Crippen molar-refractivity contribution in [2.75, 3.05) is 7.11 Å². The Balaban J connectivity index is 2.40. The van der Waals surface area contributed by atoms with Crippen LogP contribution in [0.1, 0.15) is 21.5 Å². The van der Waals surface area contributed by atoms with Crippen LogP contribution in [0.3, 0.4) is 0 Å². The van der Waals surface area contributed by atoms with Crippen molar-refractivity contribution >= 4 is 29.5 Å². The molecule has 0 spiro atoms. The van der Waals surface area contributed by atoms with Crippen molar-refractivity contribution in [1.82, 2.24) is 0 Å². The molecule has 0 aromatic heterocycles. The summed E-state index contributed by atoms with van der Waals surface area (Å²) < 4.78 is 10.9. The molecule has 2 rings (SSSR count). The molecule has 0 aliphatic heterocycles. The summed E-state index contributed by atoms with van der Waals surface area (Å²) in [6, 6.07) is 9.64. The van der Waals surface area contributed by atoms with Crippen molar-refractivity contribution < 1.29 is 14.3 Å². The van der Waals surface area contributed by atoms with Crippen LogP contribution in [0.4, 0.5) is 0 Å². The first kappa shape index (κ1) is 15.7. The highest BCUT2D eigenvalue weighted by molar-refractivity contribution is 6.39. The average molecular weight is 325 g/mol. The van der Waals surface area contributed by atoms with E-state index in [4.69, 9.17) is 32.7 Å². The number of ether oxygens (including phenoxy) is 2. The van der Waals surface area contributed by atoms with Crippen LogP contribution in [-0.2, 0) is 6.61 Å². The summed E-state index contributed by atoms with van der Waals surface area (Å²) >= 11 is 12.5. The lowest BCUT2D eigenvalue weighted by atomic mass is 10.1. The van der Waals surface area contributed by atoms with Crippen LogP contribution < -0.4 is 9.47 Å². The summed E-state index contributed by atoms with van der Waals surface area (Å²) in [4.78, 5) is 11.2. The molecule has 0 saturated heterocycles. The van der Waals surface area contributed by atoms with Gasteiger partial charge in [-0.15, -0.1) is 0 Å². The van der Waals surface area contributed by atoms with Crippen molar-refractivity contribution in [2.45, 2.75) is 13.5 Å². The van der Waals surface area contributed by atoms with Crippen LogP contribution in [0.15, 0.2) is 30.3 Å². The number of rotatable bonds is 5. The van der Waals surface area contributed by atoms with Gasteiger partial charge in [-0.05, 0) is 18.1 Å². The molecular weight excluding hydrogens is 311 g/mol. The largest absolute Gasteiger partial charge is 0.494 e. The summed E-state index contributed by atoms with van der Waals surface area (Å²) in [5.74, 6) is 0.596. The third kappa shape index (κ3) is 3.14. The molecule has 0 atom stereocenters. The Morgan fingerprint density at radius 3 is 2.33 bits per heavy atom. The highest BCUT2D eigenvalue weighted by Gasteiger charge is 2.21. The molecular formula is C16H14Cl2O3. The molecule has 0 aliphatic carbocycles. The van der Waals surface area contributed by atoms with Crippen LogP contribution in [0.5, 0.6) is 11.5 Å². The summed E-state index contributed by atoms with van der Waals surface area (Å²) in [6.45, 7) is 2.05. The fraction of sp³-hybridized carbons (Fsp3) is 0.188. The van der Waals surface area contributed by atoms with E-state index in [9.17, 15) is 4.79 Å². The molecule has 0 bridgehead atoms. The van der Waals surface area contributed by atoms with Gasteiger partial charge in [0.2, 0.25) is 0 Å². The molecule has 0 N–H and O–H groups in total. The number of aldehydes is 1. The van der Waals surface area contributed by atoms with Gasteiger partial charge in [-0.3, -0.25) is 4.79 Å². The molecule has 0 amide bonds. The van der Waals surface area contributed by atoms with E-state index < -0.39 is 0 Å². The Morgan fingerprint density at radius 1 is 1.10 bits per heavy atom. The van der Waals surface area contributed by atoms with E-state index in [2.05, 4.69) is 0 Å². The molecule has 110 valence electrons. The van der Waals surface area contributed by atoms with Gasteiger partial charge in [-0.1, -0.05) is 53.5 Å². The van der Waals surface area contributed by atoms with E-state index in [1.807, 2.05) is 30.3 Å². The topological polar surface area (TPSA) is 35.5 Å². The number of hydrogen-bond donors (Lipinski definition) is 0. The van der Waals surface area contributed by atoms with Crippen molar-refractivity contribution in [1.29, 1.82) is 0 Å². The zero-order valence-corrected chi connectivity index (χ0v) is 13.2. The second kappa shape index (κ2) is 6.83. The molecule has 5 heteroatoms. The third-order valence-corrected chi connectivity index (χ3v) is 3.92. The number of halogens is 2. The Kier molecular flexibility index (Phi) is 5.10. The number of benzene rings is 2. The minimum absolute atomic E-state index is 0.200. The standard InChI is InChI=1S/C16H14Cl2O3/c1-10-12(8-19)15(20-2)14(18)16(13(10)17)21-9-11-6-4-3-5-7-11/h3-8H,9H2,1-2H3. The minimum atomic E-state index is 0.200. The fourth-order valence-electron chi connectivity index (χ4n) is 1.97. The zero-order valence-electron chi connectivity index (χ0n) is 11.7. The lowest BCUT2D eigenvalue weighted by Crippen LogP contribution is -2.02. The maximum absolute atomic E-state index is 11.2. The van der Waals surface area contributed by atoms with Crippen LogP contribution >= 0.6 is 23.2 Å². The van der Waals surface area contributed by atoms with Gasteiger partial charge in [0.25, 0.3) is 0 Å². The molecule has 0 heterocycles. The first-order valence-corrected chi connectivity index (χ1v) is 7.03. The molecule has 3 nitrogen and oxygen atoms in total. The van der Waals surface area contributed by atoms with Crippen LogP contribution in [0, 0.1) is 6.92 Å². The molecule has 0 fully saturated rings. The predicted molar refractivity (Wildman–Crippen MR) is 83.9 cm³/mol. The van der Waals surface area contributed by atoms with E-state index in [1.165, 1.54) is 7.11 Å². The SMILES string of the molecule is COc1c(Cl)c(OCc2ccccc2)c(Cl)c(C)c1C=O. The van der Waals surface area contributed by atoms with E-state index >= 15 is 0 Å².